The Labute approximate surface area is 202 Å². The van der Waals surface area contributed by atoms with Gasteiger partial charge in [0.2, 0.25) is 0 Å². The molecule has 33 heavy (non-hydrogen) atoms. The minimum absolute atomic E-state index is 0.439. The van der Waals surface area contributed by atoms with Gasteiger partial charge in [0.15, 0.2) is 0 Å². The van der Waals surface area contributed by atoms with Crippen molar-refractivity contribution >= 4 is 39.1 Å². The van der Waals surface area contributed by atoms with Gasteiger partial charge in [-0.1, -0.05) is 54.1 Å². The molecule has 1 aliphatic rings. The summed E-state index contributed by atoms with van der Waals surface area (Å²) >= 11 is 7.57. The second kappa shape index (κ2) is 8.95. The third-order valence-electron chi connectivity index (χ3n) is 6.47. The fourth-order valence-electron chi connectivity index (χ4n) is 4.74. The van der Waals surface area contributed by atoms with Crippen LogP contribution in [0, 0.1) is 0 Å². The number of carbonyl (C=O) groups is 1. The number of hydrogen-bond donors (Lipinski definition) is 1. The third kappa shape index (κ3) is 4.08. The van der Waals surface area contributed by atoms with Crippen molar-refractivity contribution < 1.29 is 9.90 Å². The van der Waals surface area contributed by atoms with E-state index in [0.717, 1.165) is 64.3 Å². The lowest BCUT2D eigenvalue weighted by atomic mass is 10.0. The lowest BCUT2D eigenvalue weighted by molar-refractivity contribution is 0.0699. The van der Waals surface area contributed by atoms with Gasteiger partial charge in [-0.05, 0) is 30.3 Å². The number of rotatable bonds is 5. The minimum atomic E-state index is -0.854. The summed E-state index contributed by atoms with van der Waals surface area (Å²) in [4.78, 5) is 17.4. The molecule has 0 spiro atoms. The van der Waals surface area contributed by atoms with Gasteiger partial charge in [0.05, 0.1) is 15.9 Å². The zero-order valence-corrected chi connectivity index (χ0v) is 20.3. The number of nitrogens with zero attached hydrogens (tertiary/aromatic N) is 3. The van der Waals surface area contributed by atoms with E-state index in [0.29, 0.717) is 16.4 Å². The molecule has 1 N–H and O–H groups in total. The number of aromatic carboxylic acids is 1. The molecule has 7 heteroatoms. The number of thiophene rings is 1. The van der Waals surface area contributed by atoms with Crippen molar-refractivity contribution in [3.63, 3.8) is 0 Å². The molecule has 0 aliphatic carbocycles. The Kier molecular flexibility index (Phi) is 6.01. The first-order chi connectivity index (χ1) is 15.9. The summed E-state index contributed by atoms with van der Waals surface area (Å²) in [6.07, 6.45) is 0. The number of likely N-dealkylation sites (N-methyl/N-ethyl adjacent to an activating group) is 1. The summed E-state index contributed by atoms with van der Waals surface area (Å²) in [5, 5.41) is 10.8. The number of aryl methyl sites for hydroxylation is 1. The molecule has 170 valence electrons. The average Bonchev–Trinajstić information content (AvgIpc) is 3.32. The normalized spacial score (nSPS) is 15.4. The van der Waals surface area contributed by atoms with E-state index in [2.05, 4.69) is 33.5 Å². The number of hydrogen-bond acceptors (Lipinski definition) is 4. The van der Waals surface area contributed by atoms with Crippen LogP contribution >= 0.6 is 22.9 Å². The van der Waals surface area contributed by atoms with Crippen LogP contribution < -0.4 is 0 Å². The molecule has 4 aromatic rings. The highest BCUT2D eigenvalue weighted by molar-refractivity contribution is 7.21. The second-order valence-electron chi connectivity index (χ2n) is 8.63. The van der Waals surface area contributed by atoms with Gasteiger partial charge in [0.25, 0.3) is 0 Å². The maximum atomic E-state index is 12.3. The molecule has 1 saturated heterocycles. The number of carboxylic acid groups (broad SMARTS) is 1. The van der Waals surface area contributed by atoms with Crippen molar-refractivity contribution in [3.05, 3.63) is 70.1 Å². The Bertz CT molecular complexity index is 1300. The molecule has 2 aromatic carbocycles. The Morgan fingerprint density at radius 1 is 0.970 bits per heavy atom. The molecule has 0 radical (unpaired) electrons. The van der Waals surface area contributed by atoms with Crippen LogP contribution in [0.4, 0.5) is 0 Å². The molecular weight excluding hydrogens is 454 g/mol. The van der Waals surface area contributed by atoms with Crippen LogP contribution in [0.1, 0.15) is 15.2 Å². The van der Waals surface area contributed by atoms with E-state index in [1.165, 1.54) is 11.3 Å². The summed E-state index contributed by atoms with van der Waals surface area (Å²) < 4.78 is 3.20. The second-order valence-corrected chi connectivity index (χ2v) is 10.1. The van der Waals surface area contributed by atoms with Crippen molar-refractivity contribution in [2.45, 2.75) is 6.54 Å². The Morgan fingerprint density at radius 2 is 1.64 bits per heavy atom. The molecule has 0 unspecified atom stereocenters. The summed E-state index contributed by atoms with van der Waals surface area (Å²) in [6.45, 7) is 4.50. The zero-order valence-electron chi connectivity index (χ0n) is 18.7. The monoisotopic (exact) mass is 479 g/mol. The van der Waals surface area contributed by atoms with Crippen LogP contribution in [-0.4, -0.2) is 58.7 Å². The number of halogens is 1. The van der Waals surface area contributed by atoms with Gasteiger partial charge >= 0.3 is 5.97 Å². The number of benzene rings is 2. The van der Waals surface area contributed by atoms with Gasteiger partial charge in [0.1, 0.15) is 4.88 Å². The average molecular weight is 480 g/mol. The van der Waals surface area contributed by atoms with Gasteiger partial charge in [-0.15, -0.1) is 11.3 Å². The predicted molar refractivity (Wildman–Crippen MR) is 136 cm³/mol. The van der Waals surface area contributed by atoms with Crippen molar-refractivity contribution in [1.82, 2.24) is 14.4 Å². The Morgan fingerprint density at radius 3 is 2.27 bits per heavy atom. The third-order valence-corrected chi connectivity index (χ3v) is 7.94. The van der Waals surface area contributed by atoms with E-state index in [1.807, 2.05) is 49.5 Å². The SMILES string of the molecule is CN1CCN(Cc2c(C(=O)O)sc3c(-c4ccccc4)c(-c4ccc(Cl)cc4)n(C)c23)CC1. The van der Waals surface area contributed by atoms with Crippen molar-refractivity contribution in [2.75, 3.05) is 33.2 Å². The largest absolute Gasteiger partial charge is 0.477 e. The van der Waals surface area contributed by atoms with Crippen molar-refractivity contribution in [2.24, 2.45) is 7.05 Å². The molecule has 1 aliphatic heterocycles. The Hall–Kier alpha value is -2.64. The van der Waals surface area contributed by atoms with Gasteiger partial charge in [-0.3, -0.25) is 4.90 Å². The number of piperazine rings is 1. The van der Waals surface area contributed by atoms with E-state index in [1.54, 1.807) is 0 Å². The fraction of sp³-hybridized carbons (Fsp3) is 0.269. The van der Waals surface area contributed by atoms with Crippen molar-refractivity contribution in [3.8, 4) is 22.4 Å². The topological polar surface area (TPSA) is 48.7 Å². The molecule has 0 amide bonds. The van der Waals surface area contributed by atoms with E-state index in [-0.39, 0.29) is 0 Å². The van der Waals surface area contributed by atoms with Gasteiger partial charge in [0, 0.05) is 55.9 Å². The van der Waals surface area contributed by atoms with Crippen LogP contribution in [-0.2, 0) is 13.6 Å². The standard InChI is InChI=1S/C26H26ClN3O2S/c1-28-12-14-30(15-13-28)16-20-23-25(33-24(20)26(31)32)21(17-6-4-3-5-7-17)22(29(23)2)18-8-10-19(27)11-9-18/h3-11H,12-16H2,1-2H3,(H,31,32). The molecular formula is C26H26ClN3O2S. The van der Waals surface area contributed by atoms with Crippen LogP contribution in [0.25, 0.3) is 32.6 Å². The molecule has 1 fully saturated rings. The van der Waals surface area contributed by atoms with Crippen LogP contribution in [0.15, 0.2) is 54.6 Å². The number of aromatic nitrogens is 1. The molecule has 5 nitrogen and oxygen atoms in total. The van der Waals surface area contributed by atoms with Gasteiger partial charge in [-0.25, -0.2) is 4.79 Å². The van der Waals surface area contributed by atoms with E-state index < -0.39 is 5.97 Å². The molecule has 2 aromatic heterocycles. The highest BCUT2D eigenvalue weighted by atomic mass is 35.5. The summed E-state index contributed by atoms with van der Waals surface area (Å²) in [5.74, 6) is -0.854. The van der Waals surface area contributed by atoms with Crippen molar-refractivity contribution in [1.29, 1.82) is 0 Å². The summed E-state index contributed by atoms with van der Waals surface area (Å²) in [7, 11) is 4.18. The van der Waals surface area contributed by atoms with E-state index >= 15 is 0 Å². The highest BCUT2D eigenvalue weighted by Crippen LogP contribution is 2.46. The maximum Gasteiger partial charge on any atom is 0.346 e. The van der Waals surface area contributed by atoms with E-state index in [4.69, 9.17) is 11.6 Å². The zero-order chi connectivity index (χ0) is 23.1. The minimum Gasteiger partial charge on any atom is -0.477 e. The molecule has 0 bridgehead atoms. The molecule has 5 rings (SSSR count). The molecule has 3 heterocycles. The lowest BCUT2D eigenvalue weighted by Crippen LogP contribution is -2.44. The fourth-order valence-corrected chi connectivity index (χ4v) is 6.11. The molecule has 0 atom stereocenters. The Balaban J connectivity index is 1.75. The van der Waals surface area contributed by atoms with Gasteiger partial charge < -0.3 is 14.6 Å². The first-order valence-electron chi connectivity index (χ1n) is 11.0. The summed E-state index contributed by atoms with van der Waals surface area (Å²) in [5.41, 5.74) is 6.22. The van der Waals surface area contributed by atoms with Crippen LogP contribution in [0.2, 0.25) is 5.02 Å². The predicted octanol–water partition coefficient (Wildman–Crippen LogP) is 5.67. The first kappa shape index (κ1) is 22.2. The number of carboxylic acids is 1. The summed E-state index contributed by atoms with van der Waals surface area (Å²) in [6, 6.07) is 18.1. The van der Waals surface area contributed by atoms with Crippen LogP contribution in [0.3, 0.4) is 0 Å². The first-order valence-corrected chi connectivity index (χ1v) is 12.2. The van der Waals surface area contributed by atoms with Gasteiger partial charge in [-0.2, -0.15) is 0 Å². The number of fused-ring (bicyclic) bond motifs is 1. The highest BCUT2D eigenvalue weighted by Gasteiger charge is 2.28. The maximum absolute atomic E-state index is 12.3. The quantitative estimate of drug-likeness (QED) is 0.400. The van der Waals surface area contributed by atoms with Crippen LogP contribution in [0.5, 0.6) is 0 Å². The lowest BCUT2D eigenvalue weighted by Gasteiger charge is -2.32. The molecule has 0 saturated carbocycles. The smallest absolute Gasteiger partial charge is 0.346 e. The van der Waals surface area contributed by atoms with E-state index in [9.17, 15) is 9.90 Å².